The van der Waals surface area contributed by atoms with Crippen molar-refractivity contribution in [1.29, 1.82) is 0 Å². The van der Waals surface area contributed by atoms with Gasteiger partial charge in [0.25, 0.3) is 0 Å². The Labute approximate surface area is 102 Å². The molecule has 0 saturated heterocycles. The average Bonchev–Trinajstić information content (AvgIpc) is 2.17. The van der Waals surface area contributed by atoms with Gasteiger partial charge in [0.05, 0.1) is 5.02 Å². The van der Waals surface area contributed by atoms with E-state index in [0.29, 0.717) is 0 Å². The van der Waals surface area contributed by atoms with Gasteiger partial charge in [-0.1, -0.05) is 37.6 Å². The van der Waals surface area contributed by atoms with Crippen molar-refractivity contribution in [2.24, 2.45) is 5.92 Å². The molecule has 0 aliphatic heterocycles. The van der Waals surface area contributed by atoms with Crippen LogP contribution in [0, 0.1) is 5.92 Å². The molecule has 1 unspecified atom stereocenters. The second kappa shape index (κ2) is 5.17. The van der Waals surface area contributed by atoms with E-state index in [4.69, 9.17) is 11.6 Å². The fraction of sp³-hybridized carbons (Fsp3) is 0.455. The van der Waals surface area contributed by atoms with Crippen molar-refractivity contribution in [3.63, 3.8) is 0 Å². The number of rotatable bonds is 4. The van der Waals surface area contributed by atoms with Crippen LogP contribution in [-0.2, 0) is 10.0 Å². The smallest absolute Gasteiger partial charge is 0.208 e. The molecule has 0 aromatic heterocycles. The normalized spacial score (nSPS) is 14.1. The molecule has 1 N–H and O–H groups in total. The lowest BCUT2D eigenvalue weighted by Crippen LogP contribution is -2.36. The van der Waals surface area contributed by atoms with E-state index < -0.39 is 10.0 Å². The Hall–Kier alpha value is -0.580. The molecule has 1 aromatic rings. The summed E-state index contributed by atoms with van der Waals surface area (Å²) in [5, 5.41) is 0.242. The molecule has 1 aromatic carbocycles. The maximum Gasteiger partial charge on any atom is 0.242 e. The molecule has 0 spiro atoms. The number of hydrogen-bond donors (Lipinski definition) is 1. The Morgan fingerprint density at radius 3 is 2.25 bits per heavy atom. The predicted octanol–water partition coefficient (Wildman–Crippen LogP) is 2.66. The molecule has 0 amide bonds. The highest BCUT2D eigenvalue weighted by molar-refractivity contribution is 7.89. The second-order valence-electron chi connectivity index (χ2n) is 4.08. The molecule has 0 radical (unpaired) electrons. The summed E-state index contributed by atoms with van der Waals surface area (Å²) in [6.45, 7) is 5.75. The van der Waals surface area contributed by atoms with E-state index in [9.17, 15) is 8.42 Å². The van der Waals surface area contributed by atoms with Crippen molar-refractivity contribution in [2.45, 2.75) is 31.7 Å². The van der Waals surface area contributed by atoms with Gasteiger partial charge in [0.2, 0.25) is 10.0 Å². The fourth-order valence-corrected chi connectivity index (χ4v) is 3.02. The van der Waals surface area contributed by atoms with E-state index in [1.54, 1.807) is 18.2 Å². The van der Waals surface area contributed by atoms with Crippen LogP contribution in [0.25, 0.3) is 0 Å². The first kappa shape index (κ1) is 13.5. The van der Waals surface area contributed by atoms with Gasteiger partial charge in [-0.2, -0.15) is 0 Å². The van der Waals surface area contributed by atoms with Crippen molar-refractivity contribution in [1.82, 2.24) is 4.72 Å². The Bertz CT molecular complexity index is 457. The molecule has 90 valence electrons. The maximum absolute atomic E-state index is 12.0. The maximum atomic E-state index is 12.0. The molecule has 3 nitrogen and oxygen atoms in total. The third kappa shape index (κ3) is 3.20. The summed E-state index contributed by atoms with van der Waals surface area (Å²) >= 11 is 5.85. The molecule has 1 rings (SSSR count). The molecular weight excluding hydrogens is 246 g/mol. The quantitative estimate of drug-likeness (QED) is 0.906. The third-order valence-electron chi connectivity index (χ3n) is 2.47. The summed E-state index contributed by atoms with van der Waals surface area (Å²) in [5.74, 6) is 0.234. The number of hydrogen-bond acceptors (Lipinski definition) is 2. The zero-order valence-corrected chi connectivity index (χ0v) is 11.1. The second-order valence-corrected chi connectivity index (χ2v) is 6.17. The van der Waals surface area contributed by atoms with Crippen molar-refractivity contribution >= 4 is 21.6 Å². The minimum absolute atomic E-state index is 0.124. The first-order valence-corrected chi connectivity index (χ1v) is 6.97. The van der Waals surface area contributed by atoms with Gasteiger partial charge in [0.15, 0.2) is 0 Å². The molecule has 0 bridgehead atoms. The minimum Gasteiger partial charge on any atom is -0.208 e. The highest BCUT2D eigenvalue weighted by Gasteiger charge is 2.21. The van der Waals surface area contributed by atoms with Crippen molar-refractivity contribution < 1.29 is 8.42 Å². The molecular formula is C11H16ClNO2S. The first-order valence-electron chi connectivity index (χ1n) is 5.11. The Morgan fingerprint density at radius 1 is 1.19 bits per heavy atom. The zero-order valence-electron chi connectivity index (χ0n) is 9.57. The standard InChI is InChI=1S/C11H16ClNO2S/c1-8(2)9(3)13-16(14,15)11-7-5-4-6-10(11)12/h4-9,13H,1-3H3. The number of benzene rings is 1. The molecule has 5 heteroatoms. The van der Waals surface area contributed by atoms with Crippen LogP contribution in [0.5, 0.6) is 0 Å². The zero-order chi connectivity index (χ0) is 12.3. The topological polar surface area (TPSA) is 46.2 Å². The van der Waals surface area contributed by atoms with E-state index >= 15 is 0 Å². The lowest BCUT2D eigenvalue weighted by molar-refractivity contribution is 0.476. The van der Waals surface area contributed by atoms with Gasteiger partial charge >= 0.3 is 0 Å². The van der Waals surface area contributed by atoms with Crippen molar-refractivity contribution in [3.05, 3.63) is 29.3 Å². The van der Waals surface area contributed by atoms with E-state index in [1.165, 1.54) is 6.07 Å². The van der Waals surface area contributed by atoms with Crippen LogP contribution in [0.15, 0.2) is 29.2 Å². The van der Waals surface area contributed by atoms with Crippen LogP contribution in [0.1, 0.15) is 20.8 Å². The summed E-state index contributed by atoms with van der Waals surface area (Å²) in [5.41, 5.74) is 0. The number of nitrogens with one attached hydrogen (secondary N) is 1. The molecule has 0 heterocycles. The van der Waals surface area contributed by atoms with Crippen LogP contribution in [0.2, 0.25) is 5.02 Å². The van der Waals surface area contributed by atoms with Crippen molar-refractivity contribution in [2.75, 3.05) is 0 Å². The van der Waals surface area contributed by atoms with Gasteiger partial charge in [0, 0.05) is 6.04 Å². The lowest BCUT2D eigenvalue weighted by atomic mass is 10.1. The first-order chi connectivity index (χ1) is 7.34. The van der Waals surface area contributed by atoms with Gasteiger partial charge in [-0.05, 0) is 25.0 Å². The lowest BCUT2D eigenvalue weighted by Gasteiger charge is -2.17. The van der Waals surface area contributed by atoms with Gasteiger partial charge < -0.3 is 0 Å². The van der Waals surface area contributed by atoms with Crippen LogP contribution >= 0.6 is 11.6 Å². The van der Waals surface area contributed by atoms with Crippen LogP contribution < -0.4 is 4.72 Å². The van der Waals surface area contributed by atoms with Gasteiger partial charge in [-0.3, -0.25) is 0 Å². The van der Waals surface area contributed by atoms with Gasteiger partial charge in [-0.25, -0.2) is 13.1 Å². The summed E-state index contributed by atoms with van der Waals surface area (Å²) in [6.07, 6.45) is 0. The highest BCUT2D eigenvalue weighted by atomic mass is 35.5. The summed E-state index contributed by atoms with van der Waals surface area (Å²) in [4.78, 5) is 0.129. The van der Waals surface area contributed by atoms with E-state index in [0.717, 1.165) is 0 Å². The van der Waals surface area contributed by atoms with Gasteiger partial charge in [0.1, 0.15) is 4.90 Å². The SMILES string of the molecule is CC(C)C(C)NS(=O)(=O)c1ccccc1Cl. The van der Waals surface area contributed by atoms with Crippen LogP contribution in [0.3, 0.4) is 0 Å². The van der Waals surface area contributed by atoms with E-state index in [-0.39, 0.29) is 21.9 Å². The molecule has 0 aliphatic rings. The Morgan fingerprint density at radius 2 is 1.75 bits per heavy atom. The minimum atomic E-state index is -3.52. The Balaban J connectivity index is 3.00. The van der Waals surface area contributed by atoms with Crippen LogP contribution in [-0.4, -0.2) is 14.5 Å². The monoisotopic (exact) mass is 261 g/mol. The van der Waals surface area contributed by atoms with E-state index in [1.807, 2.05) is 20.8 Å². The largest absolute Gasteiger partial charge is 0.242 e. The number of halogens is 1. The third-order valence-corrected chi connectivity index (χ3v) is 4.53. The van der Waals surface area contributed by atoms with Crippen LogP contribution in [0.4, 0.5) is 0 Å². The molecule has 0 saturated carbocycles. The summed E-state index contributed by atoms with van der Waals surface area (Å²) in [6, 6.07) is 6.29. The summed E-state index contributed by atoms with van der Waals surface area (Å²) < 4.78 is 26.5. The van der Waals surface area contributed by atoms with Crippen molar-refractivity contribution in [3.8, 4) is 0 Å². The predicted molar refractivity (Wildman–Crippen MR) is 66.1 cm³/mol. The number of sulfonamides is 1. The van der Waals surface area contributed by atoms with Gasteiger partial charge in [-0.15, -0.1) is 0 Å². The summed E-state index contributed by atoms with van der Waals surface area (Å²) in [7, 11) is -3.52. The van der Waals surface area contributed by atoms with E-state index in [2.05, 4.69) is 4.72 Å². The average molecular weight is 262 g/mol. The molecule has 16 heavy (non-hydrogen) atoms. The molecule has 0 fully saturated rings. The molecule has 1 atom stereocenters. The highest BCUT2D eigenvalue weighted by Crippen LogP contribution is 2.20. The molecule has 0 aliphatic carbocycles. The Kier molecular flexibility index (Phi) is 4.35. The fourth-order valence-electron chi connectivity index (χ4n) is 1.11.